The Morgan fingerprint density at radius 3 is 2.65 bits per heavy atom. The van der Waals surface area contributed by atoms with E-state index in [2.05, 4.69) is 5.32 Å². The number of methoxy groups -OCH3 is 2. The van der Waals surface area contributed by atoms with E-state index >= 15 is 0 Å². The van der Waals surface area contributed by atoms with Crippen LogP contribution in [0.5, 0.6) is 11.5 Å². The van der Waals surface area contributed by atoms with Crippen molar-refractivity contribution in [2.75, 3.05) is 46.0 Å². The van der Waals surface area contributed by atoms with Gasteiger partial charge in [-0.1, -0.05) is 0 Å². The fourth-order valence-electron chi connectivity index (χ4n) is 1.52. The number of benzene rings is 1. The zero-order valence-electron chi connectivity index (χ0n) is 12.1. The monoisotopic (exact) mass is 283 g/mol. The van der Waals surface area contributed by atoms with Gasteiger partial charge in [0.15, 0.2) is 11.5 Å². The lowest BCUT2D eigenvalue weighted by molar-refractivity contribution is -0.121. The van der Waals surface area contributed by atoms with Crippen LogP contribution in [-0.4, -0.2) is 46.6 Å². The number of rotatable bonds is 9. The molecule has 0 saturated carbocycles. The van der Waals surface area contributed by atoms with Gasteiger partial charge in [-0.25, -0.2) is 0 Å². The van der Waals surface area contributed by atoms with Gasteiger partial charge >= 0.3 is 0 Å². The summed E-state index contributed by atoms with van der Waals surface area (Å²) in [4.78, 5) is 11.6. The number of hydrogen-bond acceptors (Lipinski definition) is 5. The molecule has 0 unspecified atom stereocenters. The van der Waals surface area contributed by atoms with Crippen LogP contribution in [0.25, 0.3) is 0 Å². The van der Waals surface area contributed by atoms with E-state index in [9.17, 15) is 4.79 Å². The molecule has 20 heavy (non-hydrogen) atoms. The molecule has 6 heteroatoms. The van der Waals surface area contributed by atoms with Crippen LogP contribution in [-0.2, 0) is 14.3 Å². The van der Waals surface area contributed by atoms with Crippen molar-refractivity contribution >= 4 is 11.6 Å². The topological polar surface area (TPSA) is 66.0 Å². The number of carbonyl (C=O) groups excluding carboxylic acids is 1. The summed E-state index contributed by atoms with van der Waals surface area (Å²) in [6, 6.07) is 5.21. The van der Waals surface area contributed by atoms with Crippen LogP contribution >= 0.6 is 0 Å². The molecule has 0 aromatic heterocycles. The number of hydrogen-bond donors (Lipinski definition) is 1. The fourth-order valence-corrected chi connectivity index (χ4v) is 1.52. The summed E-state index contributed by atoms with van der Waals surface area (Å²) in [5, 5.41) is 2.72. The highest BCUT2D eigenvalue weighted by molar-refractivity contribution is 5.92. The number of amides is 1. The van der Waals surface area contributed by atoms with Gasteiger partial charge in [-0.15, -0.1) is 0 Å². The second kappa shape index (κ2) is 9.17. The predicted octanol–water partition coefficient (Wildman–Crippen LogP) is 1.70. The Balaban J connectivity index is 2.52. The lowest BCUT2D eigenvalue weighted by atomic mass is 10.2. The number of nitrogens with one attached hydrogen (secondary N) is 1. The zero-order valence-corrected chi connectivity index (χ0v) is 12.1. The maximum Gasteiger partial charge on any atom is 0.250 e. The molecular weight excluding hydrogens is 262 g/mol. The van der Waals surface area contributed by atoms with E-state index in [0.29, 0.717) is 37.0 Å². The van der Waals surface area contributed by atoms with Gasteiger partial charge in [0, 0.05) is 18.9 Å². The average molecular weight is 283 g/mol. The average Bonchev–Trinajstić information content (AvgIpc) is 2.45. The summed E-state index contributed by atoms with van der Waals surface area (Å²) in [5.74, 6) is 0.988. The maximum atomic E-state index is 11.6. The molecule has 0 fully saturated rings. The molecule has 0 bridgehead atoms. The molecule has 0 aliphatic carbocycles. The van der Waals surface area contributed by atoms with Crippen LogP contribution in [0, 0.1) is 0 Å². The molecule has 0 spiro atoms. The van der Waals surface area contributed by atoms with Crippen molar-refractivity contribution in [2.24, 2.45) is 0 Å². The summed E-state index contributed by atoms with van der Waals surface area (Å²) in [6.45, 7) is 3.28. The molecule has 0 saturated heterocycles. The Bertz CT molecular complexity index is 422. The molecule has 1 N–H and O–H groups in total. The van der Waals surface area contributed by atoms with Gasteiger partial charge in [0.05, 0.1) is 26.9 Å². The first-order chi connectivity index (χ1) is 9.71. The SMILES string of the molecule is CCOc1ccc(NC(=O)COCCOC)cc1OC. The fraction of sp³-hybridized carbons (Fsp3) is 0.500. The van der Waals surface area contributed by atoms with Crippen LogP contribution < -0.4 is 14.8 Å². The minimum absolute atomic E-state index is 0.0150. The standard InChI is InChI=1S/C14H21NO5/c1-4-20-12-6-5-11(9-13(12)18-3)15-14(16)10-19-8-7-17-2/h5-6,9H,4,7-8,10H2,1-3H3,(H,15,16). The van der Waals surface area contributed by atoms with Crippen molar-refractivity contribution < 1.29 is 23.7 Å². The molecule has 6 nitrogen and oxygen atoms in total. The van der Waals surface area contributed by atoms with Crippen LogP contribution in [0.4, 0.5) is 5.69 Å². The van der Waals surface area contributed by atoms with E-state index in [1.807, 2.05) is 6.92 Å². The molecule has 1 aromatic rings. The Kier molecular flexibility index (Phi) is 7.46. The van der Waals surface area contributed by atoms with Crippen molar-refractivity contribution in [2.45, 2.75) is 6.92 Å². The van der Waals surface area contributed by atoms with Crippen molar-refractivity contribution in [3.63, 3.8) is 0 Å². The Hall–Kier alpha value is -1.79. The molecule has 0 heterocycles. The second-order valence-corrected chi connectivity index (χ2v) is 3.89. The molecule has 0 aliphatic rings. The van der Waals surface area contributed by atoms with E-state index in [1.165, 1.54) is 0 Å². The molecule has 1 aromatic carbocycles. The summed E-state index contributed by atoms with van der Waals surface area (Å²) in [5.41, 5.74) is 0.630. The highest BCUT2D eigenvalue weighted by atomic mass is 16.5. The van der Waals surface area contributed by atoms with Gasteiger partial charge in [0.2, 0.25) is 5.91 Å². The highest BCUT2D eigenvalue weighted by Crippen LogP contribution is 2.30. The normalized spacial score (nSPS) is 10.2. The summed E-state index contributed by atoms with van der Waals surface area (Å²) in [7, 11) is 3.13. The zero-order chi connectivity index (χ0) is 14.8. The molecule has 1 amide bonds. The van der Waals surface area contributed by atoms with Crippen LogP contribution in [0.1, 0.15) is 6.92 Å². The minimum Gasteiger partial charge on any atom is -0.493 e. The minimum atomic E-state index is -0.229. The van der Waals surface area contributed by atoms with E-state index < -0.39 is 0 Å². The number of anilines is 1. The molecular formula is C14H21NO5. The Morgan fingerprint density at radius 2 is 2.00 bits per heavy atom. The summed E-state index contributed by atoms with van der Waals surface area (Å²) >= 11 is 0. The largest absolute Gasteiger partial charge is 0.493 e. The van der Waals surface area contributed by atoms with Gasteiger partial charge in [0.25, 0.3) is 0 Å². The quantitative estimate of drug-likeness (QED) is 0.699. The highest BCUT2D eigenvalue weighted by Gasteiger charge is 2.08. The van der Waals surface area contributed by atoms with Crippen molar-refractivity contribution in [1.82, 2.24) is 0 Å². The molecule has 0 atom stereocenters. The second-order valence-electron chi connectivity index (χ2n) is 3.89. The van der Waals surface area contributed by atoms with Crippen molar-refractivity contribution in [3.05, 3.63) is 18.2 Å². The van der Waals surface area contributed by atoms with Gasteiger partial charge in [-0.2, -0.15) is 0 Å². The van der Waals surface area contributed by atoms with Crippen LogP contribution in [0.2, 0.25) is 0 Å². The first-order valence-corrected chi connectivity index (χ1v) is 6.38. The van der Waals surface area contributed by atoms with Crippen LogP contribution in [0.15, 0.2) is 18.2 Å². The Labute approximate surface area is 119 Å². The summed E-state index contributed by atoms with van der Waals surface area (Å²) in [6.07, 6.45) is 0. The van der Waals surface area contributed by atoms with E-state index in [-0.39, 0.29) is 12.5 Å². The van der Waals surface area contributed by atoms with E-state index in [0.717, 1.165) is 0 Å². The maximum absolute atomic E-state index is 11.6. The third kappa shape index (κ3) is 5.46. The Morgan fingerprint density at radius 1 is 1.20 bits per heavy atom. The number of ether oxygens (including phenoxy) is 4. The third-order valence-corrected chi connectivity index (χ3v) is 2.41. The smallest absolute Gasteiger partial charge is 0.250 e. The van der Waals surface area contributed by atoms with Crippen LogP contribution in [0.3, 0.4) is 0 Å². The van der Waals surface area contributed by atoms with Gasteiger partial charge in [0.1, 0.15) is 6.61 Å². The molecule has 0 aliphatic heterocycles. The first-order valence-electron chi connectivity index (χ1n) is 6.38. The van der Waals surface area contributed by atoms with E-state index in [1.54, 1.807) is 32.4 Å². The van der Waals surface area contributed by atoms with Gasteiger partial charge in [-0.3, -0.25) is 4.79 Å². The molecule has 0 radical (unpaired) electrons. The predicted molar refractivity (Wildman–Crippen MR) is 75.5 cm³/mol. The number of carbonyl (C=O) groups is 1. The van der Waals surface area contributed by atoms with Crippen molar-refractivity contribution in [1.29, 1.82) is 0 Å². The lowest BCUT2D eigenvalue weighted by Gasteiger charge is -2.11. The third-order valence-electron chi connectivity index (χ3n) is 2.41. The van der Waals surface area contributed by atoms with Gasteiger partial charge in [-0.05, 0) is 19.1 Å². The molecule has 112 valence electrons. The summed E-state index contributed by atoms with van der Waals surface area (Å²) < 4.78 is 20.6. The van der Waals surface area contributed by atoms with Gasteiger partial charge < -0.3 is 24.3 Å². The van der Waals surface area contributed by atoms with E-state index in [4.69, 9.17) is 18.9 Å². The molecule has 1 rings (SSSR count). The van der Waals surface area contributed by atoms with Crippen molar-refractivity contribution in [3.8, 4) is 11.5 Å². The lowest BCUT2D eigenvalue weighted by Crippen LogP contribution is -2.19. The first kappa shape index (κ1) is 16.3.